The highest BCUT2D eigenvalue weighted by molar-refractivity contribution is 5.92. The summed E-state index contributed by atoms with van der Waals surface area (Å²) < 4.78 is 10.8. The second kappa shape index (κ2) is 10.1. The van der Waals surface area contributed by atoms with E-state index in [1.165, 1.54) is 12.4 Å². The van der Waals surface area contributed by atoms with E-state index < -0.39 is 5.63 Å². The number of carbonyl (C=O) groups is 1. The number of anilines is 3. The topological polar surface area (TPSA) is 106 Å². The van der Waals surface area contributed by atoms with Crippen LogP contribution in [-0.4, -0.2) is 22.5 Å². The first-order valence-electron chi connectivity index (χ1n) is 11.3. The molecule has 8 heteroatoms. The summed E-state index contributed by atoms with van der Waals surface area (Å²) >= 11 is 0. The van der Waals surface area contributed by atoms with Crippen LogP contribution in [0.3, 0.4) is 0 Å². The molecule has 2 heterocycles. The minimum absolute atomic E-state index is 0.190. The fraction of sp³-hybridized carbons (Fsp3) is 0.0714. The Morgan fingerprint density at radius 2 is 1.69 bits per heavy atom. The lowest BCUT2D eigenvalue weighted by atomic mass is 10.1. The second-order valence-electron chi connectivity index (χ2n) is 8.10. The van der Waals surface area contributed by atoms with Gasteiger partial charge in [0.1, 0.15) is 23.5 Å². The van der Waals surface area contributed by atoms with E-state index in [-0.39, 0.29) is 12.5 Å². The van der Waals surface area contributed by atoms with Gasteiger partial charge in [0, 0.05) is 40.5 Å². The summed E-state index contributed by atoms with van der Waals surface area (Å²) in [6, 6.07) is 25.6. The molecule has 0 aliphatic carbocycles. The lowest BCUT2D eigenvalue weighted by Crippen LogP contribution is -2.20. The molecule has 0 saturated carbocycles. The van der Waals surface area contributed by atoms with Crippen LogP contribution in [0, 0.1) is 6.92 Å². The Kier molecular flexibility index (Phi) is 6.40. The second-order valence-corrected chi connectivity index (χ2v) is 8.10. The number of aryl methyl sites for hydroxylation is 1. The predicted octanol–water partition coefficient (Wildman–Crippen LogP) is 5.32. The number of fused-ring (bicyclic) bond motifs is 1. The van der Waals surface area contributed by atoms with Gasteiger partial charge in [-0.1, -0.05) is 30.3 Å². The zero-order valence-electron chi connectivity index (χ0n) is 19.4. The van der Waals surface area contributed by atoms with Crippen LogP contribution >= 0.6 is 0 Å². The maximum absolute atomic E-state index is 12.4. The fourth-order valence-electron chi connectivity index (χ4n) is 3.72. The first-order chi connectivity index (χ1) is 17.5. The van der Waals surface area contributed by atoms with Gasteiger partial charge in [0.2, 0.25) is 0 Å². The third-order valence-electron chi connectivity index (χ3n) is 5.47. The predicted molar refractivity (Wildman–Crippen MR) is 139 cm³/mol. The van der Waals surface area contributed by atoms with Crippen LogP contribution in [0.25, 0.3) is 22.2 Å². The van der Waals surface area contributed by atoms with Gasteiger partial charge in [-0.2, -0.15) is 0 Å². The monoisotopic (exact) mass is 478 g/mol. The third kappa shape index (κ3) is 5.39. The van der Waals surface area contributed by atoms with Gasteiger partial charge < -0.3 is 19.8 Å². The molecule has 0 radical (unpaired) electrons. The normalized spacial score (nSPS) is 10.7. The Morgan fingerprint density at radius 3 is 2.50 bits per heavy atom. The molecule has 0 saturated heterocycles. The molecule has 0 bridgehead atoms. The van der Waals surface area contributed by atoms with Gasteiger partial charge in [-0.3, -0.25) is 4.79 Å². The van der Waals surface area contributed by atoms with Crippen molar-refractivity contribution in [2.45, 2.75) is 6.92 Å². The molecule has 0 atom stereocenters. The molecule has 0 aliphatic heterocycles. The molecule has 0 fully saturated rings. The van der Waals surface area contributed by atoms with Crippen molar-refractivity contribution in [3.05, 3.63) is 107 Å². The number of nitrogens with zero attached hydrogens (tertiary/aromatic N) is 2. The minimum atomic E-state index is -0.427. The van der Waals surface area contributed by atoms with E-state index in [9.17, 15) is 9.59 Å². The average Bonchev–Trinajstić information content (AvgIpc) is 2.89. The Labute approximate surface area is 206 Å². The smallest absolute Gasteiger partial charge is 0.336 e. The van der Waals surface area contributed by atoms with Crippen LogP contribution in [-0.2, 0) is 4.79 Å². The Hall–Kier alpha value is -4.98. The molecule has 0 aliphatic rings. The number of ether oxygens (including phenoxy) is 1. The van der Waals surface area contributed by atoms with E-state index in [2.05, 4.69) is 20.6 Å². The van der Waals surface area contributed by atoms with Gasteiger partial charge in [0.05, 0.1) is 5.69 Å². The van der Waals surface area contributed by atoms with Crippen LogP contribution in [0.15, 0.2) is 100 Å². The maximum Gasteiger partial charge on any atom is 0.336 e. The van der Waals surface area contributed by atoms with E-state index in [0.717, 1.165) is 27.9 Å². The molecule has 0 unspecified atom stereocenters. The lowest BCUT2D eigenvalue weighted by molar-refractivity contribution is -0.118. The summed E-state index contributed by atoms with van der Waals surface area (Å²) in [6.45, 7) is 1.65. The Bertz CT molecular complexity index is 1580. The zero-order valence-corrected chi connectivity index (χ0v) is 19.4. The number of rotatable bonds is 7. The lowest BCUT2D eigenvalue weighted by Gasteiger charge is -2.10. The van der Waals surface area contributed by atoms with Gasteiger partial charge in [0.15, 0.2) is 6.61 Å². The van der Waals surface area contributed by atoms with Gasteiger partial charge in [-0.25, -0.2) is 14.8 Å². The molecule has 1 amide bonds. The fourth-order valence-corrected chi connectivity index (χ4v) is 3.72. The molecule has 36 heavy (non-hydrogen) atoms. The highest BCUT2D eigenvalue weighted by atomic mass is 16.5. The summed E-state index contributed by atoms with van der Waals surface area (Å²) in [5.41, 5.74) is 4.08. The van der Waals surface area contributed by atoms with E-state index in [0.29, 0.717) is 22.8 Å². The van der Waals surface area contributed by atoms with Gasteiger partial charge >= 0.3 is 5.63 Å². The van der Waals surface area contributed by atoms with Crippen LogP contribution < -0.4 is 21.0 Å². The summed E-state index contributed by atoms with van der Waals surface area (Å²) in [6.07, 6.45) is 1.52. The summed E-state index contributed by atoms with van der Waals surface area (Å²) in [7, 11) is 0. The Balaban J connectivity index is 1.18. The van der Waals surface area contributed by atoms with Crippen molar-refractivity contribution in [2.75, 3.05) is 17.2 Å². The van der Waals surface area contributed by atoms with E-state index in [4.69, 9.17) is 9.15 Å². The first-order valence-corrected chi connectivity index (χ1v) is 11.3. The maximum atomic E-state index is 12.4. The van der Waals surface area contributed by atoms with Crippen molar-refractivity contribution in [2.24, 2.45) is 0 Å². The van der Waals surface area contributed by atoms with Gasteiger partial charge in [0.25, 0.3) is 5.91 Å². The van der Waals surface area contributed by atoms with E-state index in [1.807, 2.05) is 55.5 Å². The summed E-state index contributed by atoms with van der Waals surface area (Å²) in [5, 5.41) is 6.86. The molecule has 3 aromatic carbocycles. The van der Waals surface area contributed by atoms with Crippen molar-refractivity contribution in [3.63, 3.8) is 0 Å². The van der Waals surface area contributed by atoms with Crippen LogP contribution in [0.1, 0.15) is 5.56 Å². The molecule has 2 aromatic heterocycles. The van der Waals surface area contributed by atoms with Gasteiger partial charge in [-0.15, -0.1) is 0 Å². The molecule has 5 rings (SSSR count). The quantitative estimate of drug-likeness (QED) is 0.305. The minimum Gasteiger partial charge on any atom is -0.484 e. The highest BCUT2D eigenvalue weighted by Crippen LogP contribution is 2.23. The van der Waals surface area contributed by atoms with E-state index >= 15 is 0 Å². The van der Waals surface area contributed by atoms with Crippen LogP contribution in [0.2, 0.25) is 0 Å². The average molecular weight is 479 g/mol. The van der Waals surface area contributed by atoms with Crippen molar-refractivity contribution in [1.29, 1.82) is 0 Å². The highest BCUT2D eigenvalue weighted by Gasteiger charge is 2.08. The largest absolute Gasteiger partial charge is 0.484 e. The van der Waals surface area contributed by atoms with Crippen LogP contribution in [0.4, 0.5) is 17.2 Å². The number of hydrogen-bond donors (Lipinski definition) is 2. The third-order valence-corrected chi connectivity index (χ3v) is 5.47. The molecule has 5 aromatic rings. The summed E-state index contributed by atoms with van der Waals surface area (Å²) in [4.78, 5) is 32.6. The molecule has 8 nitrogen and oxygen atoms in total. The molecular formula is C28H22N4O4. The number of amides is 1. The number of nitrogens with one attached hydrogen (secondary N) is 2. The van der Waals surface area contributed by atoms with E-state index in [1.54, 1.807) is 30.3 Å². The zero-order chi connectivity index (χ0) is 24.9. The summed E-state index contributed by atoms with van der Waals surface area (Å²) in [5.74, 6) is 0.783. The first kappa shape index (κ1) is 22.8. The number of aromatic nitrogens is 2. The molecule has 2 N–H and O–H groups in total. The SMILES string of the molecule is Cc1cc(=O)oc2cc(OCC(=O)Nc3ccc(Nc4cc(-c5ccccc5)ncn4)cc3)ccc12. The van der Waals surface area contributed by atoms with Crippen molar-refractivity contribution in [3.8, 4) is 17.0 Å². The standard InChI is InChI=1S/C28H22N4O4/c1-18-13-28(34)36-25-14-22(11-12-23(18)25)35-16-27(33)32-21-9-7-20(8-10-21)31-26-15-24(29-17-30-26)19-5-3-2-4-6-19/h2-15,17H,16H2,1H3,(H,32,33)(H,29,30,31). The number of hydrogen-bond acceptors (Lipinski definition) is 7. The van der Waals surface area contributed by atoms with Crippen molar-refractivity contribution in [1.82, 2.24) is 9.97 Å². The van der Waals surface area contributed by atoms with Crippen LogP contribution in [0.5, 0.6) is 5.75 Å². The number of benzene rings is 3. The Morgan fingerprint density at radius 1 is 0.917 bits per heavy atom. The molecule has 0 spiro atoms. The molecular weight excluding hydrogens is 456 g/mol. The van der Waals surface area contributed by atoms with Crippen molar-refractivity contribution < 1.29 is 13.9 Å². The molecule has 178 valence electrons. The van der Waals surface area contributed by atoms with Gasteiger partial charge in [-0.05, 0) is 48.9 Å². The van der Waals surface area contributed by atoms with Crippen molar-refractivity contribution >= 4 is 34.1 Å². The number of carbonyl (C=O) groups excluding carboxylic acids is 1.